The summed E-state index contributed by atoms with van der Waals surface area (Å²) in [5.41, 5.74) is -17.2. The number of hydrogen-bond donors (Lipinski definition) is 0. The third-order valence-electron chi connectivity index (χ3n) is 5.00. The van der Waals surface area contributed by atoms with Gasteiger partial charge in [0.05, 0.1) is 21.3 Å². The molecule has 0 N–H and O–H groups in total. The highest BCUT2D eigenvalue weighted by Crippen LogP contribution is 2.46. The Morgan fingerprint density at radius 1 is 0.667 bits per heavy atom. The summed E-state index contributed by atoms with van der Waals surface area (Å²) in [5, 5.41) is 0. The van der Waals surface area contributed by atoms with E-state index in [9.17, 15) is 69.6 Å². The summed E-state index contributed by atoms with van der Waals surface area (Å²) in [7, 11) is -15.9. The third kappa shape index (κ3) is 8.12. The van der Waals surface area contributed by atoms with E-state index in [2.05, 4.69) is 8.92 Å². The van der Waals surface area contributed by atoms with E-state index in [1.807, 2.05) is 3.63 Å². The molecule has 0 aliphatic carbocycles. The van der Waals surface area contributed by atoms with Crippen LogP contribution >= 0.6 is 0 Å². The maximum atomic E-state index is 12.7. The van der Waals surface area contributed by atoms with Gasteiger partial charge < -0.3 is 23.1 Å². The van der Waals surface area contributed by atoms with Crippen LogP contribution < -0.4 is 18.4 Å². The van der Waals surface area contributed by atoms with Crippen LogP contribution in [0, 0.1) is 0 Å². The lowest BCUT2D eigenvalue weighted by atomic mass is 9.94. The van der Waals surface area contributed by atoms with Gasteiger partial charge in [0.25, 0.3) is 0 Å². The van der Waals surface area contributed by atoms with Crippen molar-refractivity contribution in [1.82, 2.24) is 0 Å². The molecule has 254 valence electrons. The number of carbonyl (C=O) groups excluding carboxylic acids is 1. The average molecular weight is 731 g/mol. The van der Waals surface area contributed by atoms with Gasteiger partial charge in [-0.25, -0.2) is 4.79 Å². The first-order chi connectivity index (χ1) is 20.2. The van der Waals surface area contributed by atoms with Gasteiger partial charge in [-0.2, -0.15) is 64.8 Å². The molecule has 0 unspecified atom stereocenters. The van der Waals surface area contributed by atoms with Crippen LogP contribution in [0.25, 0.3) is 11.1 Å². The minimum atomic E-state index is -6.85. The summed E-state index contributed by atoms with van der Waals surface area (Å²) in [4.78, 5) is 12.1. The van der Waals surface area contributed by atoms with Crippen LogP contribution in [0.15, 0.2) is 24.3 Å². The molecule has 1 aliphatic rings. The van der Waals surface area contributed by atoms with Crippen LogP contribution in [0.2, 0.25) is 0 Å². The summed E-state index contributed by atoms with van der Waals surface area (Å²) < 4.78 is 196. The number of ether oxygens (including phenoxy) is 4. The van der Waals surface area contributed by atoms with E-state index in [0.717, 1.165) is 19.2 Å². The molecule has 2 aromatic carbocycles. The standard InChI is InChI=1S/C18H15F3O8S.C2F6O5S2/c1-25-15-4-9-8-28-13-7-14(29-30(23,24)18(19,20)21)12(17(22)27-3)5-11(13)10(9)6-16(15)26-2;3-1(4,5)14(9,10)13-15(11,12)2(6,7)8/h4-7H,8H2,1-3H3;. The molecule has 2 aromatic rings. The Balaban J connectivity index is 0.000000399. The Morgan fingerprint density at radius 3 is 1.56 bits per heavy atom. The van der Waals surface area contributed by atoms with E-state index >= 15 is 0 Å². The molecule has 0 saturated heterocycles. The lowest BCUT2D eigenvalue weighted by Gasteiger charge is -2.24. The maximum absolute atomic E-state index is 12.7. The molecule has 0 atom stereocenters. The molecule has 0 fully saturated rings. The van der Waals surface area contributed by atoms with Crippen LogP contribution in [0.3, 0.4) is 0 Å². The maximum Gasteiger partial charge on any atom is 0.534 e. The molecule has 3 rings (SSSR count). The predicted octanol–water partition coefficient (Wildman–Crippen LogP) is 3.98. The molecule has 25 heteroatoms. The molecule has 0 amide bonds. The third-order valence-corrected chi connectivity index (χ3v) is 8.53. The van der Waals surface area contributed by atoms with Gasteiger partial charge in [-0.3, -0.25) is 0 Å². The molecular weight excluding hydrogens is 715 g/mol. The van der Waals surface area contributed by atoms with Crippen molar-refractivity contribution in [3.63, 3.8) is 0 Å². The molecule has 0 saturated carbocycles. The minimum Gasteiger partial charge on any atom is -0.493 e. The van der Waals surface area contributed by atoms with Crippen molar-refractivity contribution in [2.24, 2.45) is 0 Å². The van der Waals surface area contributed by atoms with Crippen molar-refractivity contribution in [3.05, 3.63) is 35.4 Å². The zero-order valence-corrected chi connectivity index (χ0v) is 24.4. The molecule has 0 bridgehead atoms. The van der Waals surface area contributed by atoms with E-state index in [0.29, 0.717) is 28.2 Å². The van der Waals surface area contributed by atoms with Crippen molar-refractivity contribution >= 4 is 36.3 Å². The molecule has 1 aliphatic heterocycles. The summed E-state index contributed by atoms with van der Waals surface area (Å²) in [5.74, 6) is -1.18. The Labute approximate surface area is 246 Å². The zero-order chi connectivity index (χ0) is 35.0. The Bertz CT molecular complexity index is 1740. The largest absolute Gasteiger partial charge is 0.534 e. The number of fused-ring (bicyclic) bond motifs is 3. The first-order valence-corrected chi connectivity index (χ1v) is 14.9. The monoisotopic (exact) mass is 730 g/mol. The van der Waals surface area contributed by atoms with Gasteiger partial charge in [0.1, 0.15) is 17.9 Å². The molecule has 0 radical (unpaired) electrons. The van der Waals surface area contributed by atoms with E-state index in [4.69, 9.17) is 14.2 Å². The number of rotatable bonds is 7. The smallest absolute Gasteiger partial charge is 0.493 e. The van der Waals surface area contributed by atoms with E-state index in [1.165, 1.54) is 14.2 Å². The fourth-order valence-electron chi connectivity index (χ4n) is 3.04. The number of esters is 1. The van der Waals surface area contributed by atoms with Gasteiger partial charge in [0.15, 0.2) is 17.2 Å². The number of methoxy groups -OCH3 is 3. The topological polar surface area (TPSA) is 175 Å². The van der Waals surface area contributed by atoms with Gasteiger partial charge in [0.2, 0.25) is 0 Å². The van der Waals surface area contributed by atoms with Crippen molar-refractivity contribution in [2.75, 3.05) is 21.3 Å². The SMILES string of the molecule is COC(=O)c1cc2c(cc1OS(=O)(=O)C(F)(F)F)OCc1cc(OC)c(OC)cc1-2.O=S(=O)(OS(=O)(=O)C(F)(F)F)C(F)(F)F. The second-order valence-corrected chi connectivity index (χ2v) is 12.7. The Hall–Kier alpha value is -3.71. The van der Waals surface area contributed by atoms with E-state index in [1.54, 1.807) is 12.1 Å². The van der Waals surface area contributed by atoms with E-state index in [-0.39, 0.29) is 12.4 Å². The number of alkyl halides is 9. The van der Waals surface area contributed by atoms with Gasteiger partial charge in [-0.1, -0.05) is 0 Å². The zero-order valence-electron chi connectivity index (χ0n) is 22.0. The highest BCUT2D eigenvalue weighted by Gasteiger charge is 2.57. The second-order valence-electron chi connectivity index (χ2n) is 7.84. The summed E-state index contributed by atoms with van der Waals surface area (Å²) in [6.07, 6.45) is 0. The predicted molar refractivity (Wildman–Crippen MR) is 127 cm³/mol. The molecule has 0 aromatic heterocycles. The molecule has 13 nitrogen and oxygen atoms in total. The lowest BCUT2D eigenvalue weighted by molar-refractivity contribution is -0.0586. The summed E-state index contributed by atoms with van der Waals surface area (Å²) in [6, 6.07) is 5.27. The Morgan fingerprint density at radius 2 is 1.13 bits per heavy atom. The van der Waals surface area contributed by atoms with Crippen LogP contribution in [-0.2, 0) is 45.3 Å². The molecule has 45 heavy (non-hydrogen) atoms. The van der Waals surface area contributed by atoms with Gasteiger partial charge in [0, 0.05) is 17.2 Å². The van der Waals surface area contributed by atoms with Gasteiger partial charge in [-0.15, -0.1) is 3.63 Å². The second kappa shape index (κ2) is 12.6. The van der Waals surface area contributed by atoms with Gasteiger partial charge in [-0.05, 0) is 23.8 Å². The van der Waals surface area contributed by atoms with E-state index < -0.39 is 64.2 Å². The number of halogens is 9. The highest BCUT2D eigenvalue weighted by molar-refractivity contribution is 8.00. The summed E-state index contributed by atoms with van der Waals surface area (Å²) in [6.45, 7) is 0.00567. The van der Waals surface area contributed by atoms with Crippen LogP contribution in [0.1, 0.15) is 15.9 Å². The molecule has 1 heterocycles. The number of benzene rings is 2. The Kier molecular flexibility index (Phi) is 10.5. The van der Waals surface area contributed by atoms with Crippen molar-refractivity contribution in [2.45, 2.75) is 23.1 Å². The highest BCUT2D eigenvalue weighted by atomic mass is 32.3. The average Bonchev–Trinajstić information content (AvgIpc) is 2.89. The molecule has 0 spiro atoms. The first kappa shape index (κ1) is 37.5. The normalized spacial score (nSPS) is 13.7. The number of hydrogen-bond acceptors (Lipinski definition) is 13. The quantitative estimate of drug-likeness (QED) is 0.173. The fourth-order valence-corrected chi connectivity index (χ4v) is 5.07. The van der Waals surface area contributed by atoms with Crippen molar-refractivity contribution in [1.29, 1.82) is 0 Å². The molecular formula is C20H15F9O13S3. The number of carbonyl (C=O) groups is 1. The summed E-state index contributed by atoms with van der Waals surface area (Å²) >= 11 is 0. The first-order valence-electron chi connectivity index (χ1n) is 10.7. The fraction of sp³-hybridized carbons (Fsp3) is 0.350. The minimum absolute atomic E-state index is 0.00567. The van der Waals surface area contributed by atoms with Crippen molar-refractivity contribution in [3.8, 4) is 34.1 Å². The van der Waals surface area contributed by atoms with Crippen LogP contribution in [0.5, 0.6) is 23.0 Å². The lowest BCUT2D eigenvalue weighted by Crippen LogP contribution is -2.34. The van der Waals surface area contributed by atoms with Crippen LogP contribution in [0.4, 0.5) is 39.5 Å². The van der Waals surface area contributed by atoms with Crippen LogP contribution in [-0.4, -0.2) is 69.1 Å². The van der Waals surface area contributed by atoms with Crippen molar-refractivity contribution < 1.29 is 96.3 Å². The van der Waals surface area contributed by atoms with Gasteiger partial charge >= 0.3 is 52.8 Å².